The van der Waals surface area contributed by atoms with Crippen molar-refractivity contribution in [3.63, 3.8) is 0 Å². The minimum absolute atomic E-state index is 0. The van der Waals surface area contributed by atoms with Crippen LogP contribution in [0.25, 0.3) is 0 Å². The average Bonchev–Trinajstić information content (AvgIpc) is 3.35. The number of nitrogens with one attached hydrogen (secondary N) is 2. The lowest BCUT2D eigenvalue weighted by Gasteiger charge is -2.26. The van der Waals surface area contributed by atoms with Crippen LogP contribution < -0.4 is 10.6 Å². The van der Waals surface area contributed by atoms with Gasteiger partial charge >= 0.3 is 0 Å². The van der Waals surface area contributed by atoms with E-state index in [4.69, 9.17) is 4.42 Å². The molecular weight excluding hydrogens is 431 g/mol. The second-order valence-electron chi connectivity index (χ2n) is 5.92. The number of aliphatic imine (C=N–C) groups is 1. The Bertz CT molecular complexity index is 607. The van der Waals surface area contributed by atoms with E-state index in [1.54, 1.807) is 19.5 Å². The van der Waals surface area contributed by atoms with E-state index in [2.05, 4.69) is 31.7 Å². The molecular formula is C17H27IN6O. The fourth-order valence-corrected chi connectivity index (χ4v) is 3.08. The smallest absolute Gasteiger partial charge is 0.191 e. The molecule has 1 aliphatic heterocycles. The summed E-state index contributed by atoms with van der Waals surface area (Å²) in [4.78, 5) is 6.78. The highest BCUT2D eigenvalue weighted by molar-refractivity contribution is 14.0. The zero-order valence-corrected chi connectivity index (χ0v) is 16.9. The largest absolute Gasteiger partial charge is 0.468 e. The zero-order chi connectivity index (χ0) is 16.6. The number of furan rings is 1. The van der Waals surface area contributed by atoms with Gasteiger partial charge in [-0.15, -0.1) is 24.0 Å². The molecule has 2 aromatic rings. The Hall–Kier alpha value is -1.55. The first-order valence-electron chi connectivity index (χ1n) is 8.56. The molecule has 0 aliphatic carbocycles. The van der Waals surface area contributed by atoms with Crippen molar-refractivity contribution in [3.05, 3.63) is 42.6 Å². The van der Waals surface area contributed by atoms with Crippen LogP contribution in [-0.4, -0.2) is 53.9 Å². The number of hydrogen-bond donors (Lipinski definition) is 2. The first-order chi connectivity index (χ1) is 11.9. The van der Waals surface area contributed by atoms with Crippen molar-refractivity contribution in [2.45, 2.75) is 25.4 Å². The third kappa shape index (κ3) is 5.74. The molecule has 2 N–H and O–H groups in total. The van der Waals surface area contributed by atoms with Crippen molar-refractivity contribution in [1.82, 2.24) is 25.3 Å². The standard InChI is InChI=1S/C17H26N6O.HI/c1-18-17(19-8-12-23-11-5-7-21-23)20-14-15(16-6-4-13-24-16)22-9-2-3-10-22;/h4-7,11,13,15H,2-3,8-10,12,14H2,1H3,(H2,18,19,20);1H. The van der Waals surface area contributed by atoms with Crippen LogP contribution >= 0.6 is 24.0 Å². The summed E-state index contributed by atoms with van der Waals surface area (Å²) in [7, 11) is 1.79. The van der Waals surface area contributed by atoms with Crippen LogP contribution in [0, 0.1) is 0 Å². The van der Waals surface area contributed by atoms with Crippen LogP contribution in [0.3, 0.4) is 0 Å². The van der Waals surface area contributed by atoms with E-state index in [-0.39, 0.29) is 30.0 Å². The van der Waals surface area contributed by atoms with Crippen molar-refractivity contribution in [2.24, 2.45) is 4.99 Å². The Balaban J connectivity index is 0.00000225. The summed E-state index contributed by atoms with van der Waals surface area (Å²) in [6.07, 6.45) is 8.01. The monoisotopic (exact) mass is 458 g/mol. The number of nitrogens with zero attached hydrogens (tertiary/aromatic N) is 4. The molecule has 0 radical (unpaired) electrons. The molecule has 3 rings (SSSR count). The Morgan fingerprint density at radius 2 is 2.16 bits per heavy atom. The highest BCUT2D eigenvalue weighted by Crippen LogP contribution is 2.24. The lowest BCUT2D eigenvalue weighted by Crippen LogP contribution is -2.43. The lowest BCUT2D eigenvalue weighted by atomic mass is 10.2. The molecule has 1 aliphatic rings. The molecule has 1 atom stereocenters. The van der Waals surface area contributed by atoms with Gasteiger partial charge in [0, 0.05) is 32.5 Å². The molecule has 1 unspecified atom stereocenters. The molecule has 0 saturated carbocycles. The third-order valence-electron chi connectivity index (χ3n) is 4.33. The van der Waals surface area contributed by atoms with Gasteiger partial charge in [0.15, 0.2) is 5.96 Å². The van der Waals surface area contributed by atoms with E-state index >= 15 is 0 Å². The highest BCUT2D eigenvalue weighted by atomic mass is 127. The van der Waals surface area contributed by atoms with E-state index in [0.717, 1.165) is 44.4 Å². The van der Waals surface area contributed by atoms with Crippen LogP contribution in [0.4, 0.5) is 0 Å². The maximum atomic E-state index is 5.65. The number of aromatic nitrogens is 2. The fraction of sp³-hybridized carbons (Fsp3) is 0.529. The van der Waals surface area contributed by atoms with Gasteiger partial charge < -0.3 is 15.1 Å². The van der Waals surface area contributed by atoms with Crippen molar-refractivity contribution in [3.8, 4) is 0 Å². The molecule has 0 bridgehead atoms. The summed E-state index contributed by atoms with van der Waals surface area (Å²) in [5, 5.41) is 10.9. The van der Waals surface area contributed by atoms with E-state index in [0.29, 0.717) is 0 Å². The van der Waals surface area contributed by atoms with Gasteiger partial charge in [0.1, 0.15) is 5.76 Å². The van der Waals surface area contributed by atoms with Crippen LogP contribution in [0.5, 0.6) is 0 Å². The first kappa shape index (κ1) is 19.8. The van der Waals surface area contributed by atoms with Crippen molar-refractivity contribution >= 4 is 29.9 Å². The molecule has 138 valence electrons. The van der Waals surface area contributed by atoms with Crippen molar-refractivity contribution in [2.75, 3.05) is 33.2 Å². The quantitative estimate of drug-likeness (QED) is 0.378. The summed E-state index contributed by atoms with van der Waals surface area (Å²) in [6.45, 7) is 4.60. The third-order valence-corrected chi connectivity index (χ3v) is 4.33. The minimum atomic E-state index is 0. The predicted octanol–water partition coefficient (Wildman–Crippen LogP) is 2.10. The molecule has 0 spiro atoms. The minimum Gasteiger partial charge on any atom is -0.468 e. The van der Waals surface area contributed by atoms with Crippen LogP contribution in [0.2, 0.25) is 0 Å². The number of halogens is 1. The molecule has 0 amide bonds. The predicted molar refractivity (Wildman–Crippen MR) is 109 cm³/mol. The molecule has 7 nitrogen and oxygen atoms in total. The normalized spacial score (nSPS) is 16.4. The Morgan fingerprint density at radius 1 is 1.32 bits per heavy atom. The molecule has 8 heteroatoms. The summed E-state index contributed by atoms with van der Waals surface area (Å²) in [5.74, 6) is 1.81. The summed E-state index contributed by atoms with van der Waals surface area (Å²) in [5.41, 5.74) is 0. The number of likely N-dealkylation sites (tertiary alicyclic amines) is 1. The van der Waals surface area contributed by atoms with Crippen LogP contribution in [-0.2, 0) is 6.54 Å². The van der Waals surface area contributed by atoms with Crippen molar-refractivity contribution in [1.29, 1.82) is 0 Å². The first-order valence-corrected chi connectivity index (χ1v) is 8.56. The van der Waals surface area contributed by atoms with Gasteiger partial charge in [-0.3, -0.25) is 14.6 Å². The molecule has 25 heavy (non-hydrogen) atoms. The molecule has 3 heterocycles. The van der Waals surface area contributed by atoms with E-state index < -0.39 is 0 Å². The number of hydrogen-bond acceptors (Lipinski definition) is 4. The number of rotatable bonds is 7. The van der Waals surface area contributed by atoms with Crippen molar-refractivity contribution < 1.29 is 4.42 Å². The maximum absolute atomic E-state index is 5.65. The molecule has 1 saturated heterocycles. The summed E-state index contributed by atoms with van der Waals surface area (Å²) < 4.78 is 7.55. The zero-order valence-electron chi connectivity index (χ0n) is 14.6. The molecule has 1 fully saturated rings. The summed E-state index contributed by atoms with van der Waals surface area (Å²) in [6, 6.07) is 6.18. The fourth-order valence-electron chi connectivity index (χ4n) is 3.08. The summed E-state index contributed by atoms with van der Waals surface area (Å²) >= 11 is 0. The number of guanidine groups is 1. The topological polar surface area (TPSA) is 70.6 Å². The van der Waals surface area contributed by atoms with Gasteiger partial charge in [-0.1, -0.05) is 0 Å². The second kappa shape index (κ2) is 10.4. The van der Waals surface area contributed by atoms with E-state index in [1.165, 1.54) is 12.8 Å². The van der Waals surface area contributed by atoms with Gasteiger partial charge in [-0.05, 0) is 44.1 Å². The van der Waals surface area contributed by atoms with E-state index in [1.807, 2.05) is 23.0 Å². The SMILES string of the molecule is CN=C(NCCn1cccn1)NCC(c1ccco1)N1CCCC1.I. The Kier molecular flexibility index (Phi) is 8.26. The highest BCUT2D eigenvalue weighted by Gasteiger charge is 2.25. The molecule has 2 aromatic heterocycles. The van der Waals surface area contributed by atoms with Gasteiger partial charge in [-0.2, -0.15) is 5.10 Å². The van der Waals surface area contributed by atoms with Gasteiger partial charge in [0.25, 0.3) is 0 Å². The average molecular weight is 458 g/mol. The van der Waals surface area contributed by atoms with Gasteiger partial charge in [0.05, 0.1) is 18.8 Å². The Labute approximate surface area is 165 Å². The van der Waals surface area contributed by atoms with Gasteiger partial charge in [0.2, 0.25) is 0 Å². The second-order valence-corrected chi connectivity index (χ2v) is 5.92. The molecule has 0 aromatic carbocycles. The van der Waals surface area contributed by atoms with E-state index in [9.17, 15) is 0 Å². The Morgan fingerprint density at radius 3 is 2.80 bits per heavy atom. The maximum Gasteiger partial charge on any atom is 0.191 e. The van der Waals surface area contributed by atoms with Crippen LogP contribution in [0.1, 0.15) is 24.6 Å². The van der Waals surface area contributed by atoms with Gasteiger partial charge in [-0.25, -0.2) is 0 Å². The van der Waals surface area contributed by atoms with Crippen LogP contribution in [0.15, 0.2) is 46.3 Å². The lowest BCUT2D eigenvalue weighted by molar-refractivity contribution is 0.215.